The number of amides is 2. The second kappa shape index (κ2) is 7.77. The van der Waals surface area contributed by atoms with Crippen molar-refractivity contribution in [1.29, 1.82) is 0 Å². The van der Waals surface area contributed by atoms with Gasteiger partial charge in [-0.3, -0.25) is 24.5 Å². The number of nitro benzene ring substituents is 1. The summed E-state index contributed by atoms with van der Waals surface area (Å²) in [6.07, 6.45) is 1.63. The van der Waals surface area contributed by atoms with Gasteiger partial charge in [0.1, 0.15) is 0 Å². The first-order valence-electron chi connectivity index (χ1n) is 8.40. The van der Waals surface area contributed by atoms with Crippen molar-refractivity contribution < 1.29 is 19.3 Å². The molecule has 8 nitrogen and oxygen atoms in total. The second-order valence-electron chi connectivity index (χ2n) is 6.13. The Hall–Kier alpha value is -3.55. The highest BCUT2D eigenvalue weighted by Gasteiger charge is 2.20. The maximum Gasteiger partial charge on any atom is 0.269 e. The van der Waals surface area contributed by atoms with Gasteiger partial charge in [0.25, 0.3) is 11.6 Å². The van der Waals surface area contributed by atoms with Crippen LogP contribution in [0.15, 0.2) is 42.5 Å². The first-order chi connectivity index (χ1) is 13.0. The van der Waals surface area contributed by atoms with Gasteiger partial charge in [-0.15, -0.1) is 0 Å². The standard InChI is InChI=1S/C19H17N3O5/c23-12-21-10-8-14-11-15(3-6-17(14)21)18(24)7-9-20-19(25)13-1-4-16(5-2-13)22(26)27/h1-6,11-12H,7-10H2,(H,20,25). The number of rotatable bonds is 7. The van der Waals surface area contributed by atoms with E-state index in [0.29, 0.717) is 24.1 Å². The fraction of sp³-hybridized carbons (Fsp3) is 0.211. The maximum atomic E-state index is 12.3. The molecular formula is C19H17N3O5. The van der Waals surface area contributed by atoms with Crippen LogP contribution in [-0.2, 0) is 11.2 Å². The summed E-state index contributed by atoms with van der Waals surface area (Å²) in [7, 11) is 0. The van der Waals surface area contributed by atoms with E-state index in [1.54, 1.807) is 23.1 Å². The Morgan fingerprint density at radius 1 is 1.15 bits per heavy atom. The van der Waals surface area contributed by atoms with E-state index in [4.69, 9.17) is 0 Å². The number of nitrogens with zero attached hydrogens (tertiary/aromatic N) is 2. The summed E-state index contributed by atoms with van der Waals surface area (Å²) < 4.78 is 0. The number of Topliss-reactive ketones (excluding diaryl/α,β-unsaturated/α-hetero) is 1. The molecule has 0 atom stereocenters. The van der Waals surface area contributed by atoms with Gasteiger partial charge in [-0.25, -0.2) is 0 Å². The number of nitrogens with one attached hydrogen (secondary N) is 1. The normalized spacial score (nSPS) is 12.4. The first-order valence-corrected chi connectivity index (χ1v) is 8.40. The van der Waals surface area contributed by atoms with Crippen LogP contribution in [0.3, 0.4) is 0 Å². The lowest BCUT2D eigenvalue weighted by Gasteiger charge is -2.10. The van der Waals surface area contributed by atoms with Gasteiger partial charge in [0.2, 0.25) is 6.41 Å². The molecule has 138 valence electrons. The number of anilines is 1. The number of nitro groups is 1. The first kappa shape index (κ1) is 18.2. The predicted octanol–water partition coefficient (Wildman–Crippen LogP) is 2.12. The number of fused-ring (bicyclic) bond motifs is 1. The molecule has 0 unspecified atom stereocenters. The van der Waals surface area contributed by atoms with Crippen molar-refractivity contribution in [2.75, 3.05) is 18.0 Å². The monoisotopic (exact) mass is 367 g/mol. The Balaban J connectivity index is 1.54. The molecule has 0 spiro atoms. The van der Waals surface area contributed by atoms with Crippen LogP contribution in [-0.4, -0.2) is 36.1 Å². The molecule has 3 rings (SSSR count). The van der Waals surface area contributed by atoms with Gasteiger partial charge < -0.3 is 10.2 Å². The molecule has 0 radical (unpaired) electrons. The quantitative estimate of drug-likeness (QED) is 0.349. The van der Waals surface area contributed by atoms with Gasteiger partial charge in [-0.2, -0.15) is 0 Å². The Bertz CT molecular complexity index is 908. The summed E-state index contributed by atoms with van der Waals surface area (Å²) in [5.41, 5.74) is 2.54. The molecule has 2 aromatic rings. The fourth-order valence-electron chi connectivity index (χ4n) is 2.98. The predicted molar refractivity (Wildman–Crippen MR) is 97.9 cm³/mol. The molecule has 2 amide bonds. The Morgan fingerprint density at radius 2 is 1.85 bits per heavy atom. The van der Waals surface area contributed by atoms with Crippen molar-refractivity contribution in [2.45, 2.75) is 12.8 Å². The molecule has 27 heavy (non-hydrogen) atoms. The zero-order valence-corrected chi connectivity index (χ0v) is 14.4. The third kappa shape index (κ3) is 4.00. The van der Waals surface area contributed by atoms with E-state index in [0.717, 1.165) is 17.7 Å². The minimum absolute atomic E-state index is 0.0912. The number of ketones is 1. The molecule has 0 aromatic heterocycles. The Labute approximate surface area is 154 Å². The summed E-state index contributed by atoms with van der Waals surface area (Å²) in [5, 5.41) is 13.2. The molecular weight excluding hydrogens is 350 g/mol. The molecule has 0 saturated heterocycles. The summed E-state index contributed by atoms with van der Waals surface area (Å²) in [6.45, 7) is 0.772. The highest BCUT2D eigenvalue weighted by atomic mass is 16.6. The average molecular weight is 367 g/mol. The van der Waals surface area contributed by atoms with Crippen LogP contribution in [0, 0.1) is 10.1 Å². The van der Waals surface area contributed by atoms with Crippen LogP contribution in [0.2, 0.25) is 0 Å². The SMILES string of the molecule is O=CN1CCc2cc(C(=O)CCNC(=O)c3ccc([N+](=O)[O-])cc3)ccc21. The van der Waals surface area contributed by atoms with E-state index in [1.165, 1.54) is 24.3 Å². The van der Waals surface area contributed by atoms with Crippen LogP contribution in [0.5, 0.6) is 0 Å². The van der Waals surface area contributed by atoms with Gasteiger partial charge in [0.15, 0.2) is 5.78 Å². The lowest BCUT2D eigenvalue weighted by molar-refractivity contribution is -0.384. The number of benzene rings is 2. The average Bonchev–Trinajstić information content (AvgIpc) is 3.10. The topological polar surface area (TPSA) is 110 Å². The molecule has 1 N–H and O–H groups in total. The number of carbonyl (C=O) groups is 3. The summed E-state index contributed by atoms with van der Waals surface area (Å²) in [4.78, 5) is 47.0. The molecule has 0 saturated carbocycles. The van der Waals surface area contributed by atoms with E-state index in [-0.39, 0.29) is 24.4 Å². The van der Waals surface area contributed by atoms with Gasteiger partial charge in [0.05, 0.1) is 4.92 Å². The molecule has 1 aliphatic rings. The molecule has 0 fully saturated rings. The van der Waals surface area contributed by atoms with Gasteiger partial charge in [0, 0.05) is 48.5 Å². The largest absolute Gasteiger partial charge is 0.352 e. The lowest BCUT2D eigenvalue weighted by atomic mass is 10.0. The zero-order chi connectivity index (χ0) is 19.4. The highest BCUT2D eigenvalue weighted by Crippen LogP contribution is 2.27. The van der Waals surface area contributed by atoms with Crippen molar-refractivity contribution in [2.24, 2.45) is 0 Å². The number of carbonyl (C=O) groups excluding carboxylic acids is 3. The van der Waals surface area contributed by atoms with E-state index in [2.05, 4.69) is 5.32 Å². The third-order valence-corrected chi connectivity index (χ3v) is 4.44. The van der Waals surface area contributed by atoms with Crippen molar-refractivity contribution in [3.63, 3.8) is 0 Å². The second-order valence-corrected chi connectivity index (χ2v) is 6.13. The number of non-ortho nitro benzene ring substituents is 1. The summed E-state index contributed by atoms with van der Waals surface area (Å²) in [6, 6.07) is 10.5. The smallest absolute Gasteiger partial charge is 0.269 e. The Morgan fingerprint density at radius 3 is 2.52 bits per heavy atom. The van der Waals surface area contributed by atoms with Crippen LogP contribution in [0.4, 0.5) is 11.4 Å². The van der Waals surface area contributed by atoms with Crippen LogP contribution in [0.25, 0.3) is 0 Å². The molecule has 8 heteroatoms. The molecule has 1 heterocycles. The minimum atomic E-state index is -0.536. The van der Waals surface area contributed by atoms with Crippen molar-refractivity contribution in [1.82, 2.24) is 5.32 Å². The van der Waals surface area contributed by atoms with E-state index in [9.17, 15) is 24.5 Å². The van der Waals surface area contributed by atoms with E-state index >= 15 is 0 Å². The van der Waals surface area contributed by atoms with Gasteiger partial charge in [-0.05, 0) is 42.3 Å². The van der Waals surface area contributed by atoms with Crippen LogP contribution in [0.1, 0.15) is 32.7 Å². The highest BCUT2D eigenvalue weighted by molar-refractivity contribution is 5.98. The minimum Gasteiger partial charge on any atom is -0.352 e. The van der Waals surface area contributed by atoms with E-state index in [1.807, 2.05) is 0 Å². The van der Waals surface area contributed by atoms with Gasteiger partial charge in [-0.1, -0.05) is 0 Å². The number of hydrogen-bond acceptors (Lipinski definition) is 5. The summed E-state index contributed by atoms with van der Waals surface area (Å²) in [5.74, 6) is -0.500. The van der Waals surface area contributed by atoms with Crippen molar-refractivity contribution in [3.05, 3.63) is 69.3 Å². The van der Waals surface area contributed by atoms with Gasteiger partial charge >= 0.3 is 0 Å². The molecule has 1 aliphatic heterocycles. The van der Waals surface area contributed by atoms with Crippen molar-refractivity contribution in [3.8, 4) is 0 Å². The maximum absolute atomic E-state index is 12.3. The third-order valence-electron chi connectivity index (χ3n) is 4.44. The lowest BCUT2D eigenvalue weighted by Crippen LogP contribution is -2.26. The molecule has 0 aliphatic carbocycles. The van der Waals surface area contributed by atoms with Crippen LogP contribution >= 0.6 is 0 Å². The van der Waals surface area contributed by atoms with Crippen molar-refractivity contribution >= 4 is 29.5 Å². The number of hydrogen-bond donors (Lipinski definition) is 1. The van der Waals surface area contributed by atoms with E-state index < -0.39 is 10.8 Å². The fourth-order valence-corrected chi connectivity index (χ4v) is 2.98. The molecule has 2 aromatic carbocycles. The Kier molecular flexibility index (Phi) is 5.25. The zero-order valence-electron chi connectivity index (χ0n) is 14.4. The molecule has 0 bridgehead atoms. The van der Waals surface area contributed by atoms with Crippen LogP contribution < -0.4 is 10.2 Å². The summed E-state index contributed by atoms with van der Waals surface area (Å²) >= 11 is 0.